The van der Waals surface area contributed by atoms with Gasteiger partial charge >= 0.3 is 0 Å². The summed E-state index contributed by atoms with van der Waals surface area (Å²) < 4.78 is 11.8. The maximum absolute atomic E-state index is 6.10. The van der Waals surface area contributed by atoms with Crippen molar-refractivity contribution in [3.05, 3.63) is 23.3 Å². The molecule has 17 heavy (non-hydrogen) atoms. The van der Waals surface area contributed by atoms with E-state index in [1.165, 1.54) is 5.20 Å². The zero-order chi connectivity index (χ0) is 13.7. The van der Waals surface area contributed by atoms with Crippen LogP contribution in [0.1, 0.15) is 13.8 Å². The Balaban J connectivity index is 5.43. The zero-order valence-electron chi connectivity index (χ0n) is 12.7. The van der Waals surface area contributed by atoms with Crippen LogP contribution in [0.4, 0.5) is 0 Å². The van der Waals surface area contributed by atoms with Gasteiger partial charge in [0.15, 0.2) is 0 Å². The van der Waals surface area contributed by atoms with Crippen molar-refractivity contribution in [3.63, 3.8) is 0 Å². The lowest BCUT2D eigenvalue weighted by Crippen LogP contribution is -2.31. The van der Waals surface area contributed by atoms with E-state index in [1.54, 1.807) is 0 Å². The molecule has 2 nitrogen and oxygen atoms in total. The van der Waals surface area contributed by atoms with Crippen molar-refractivity contribution in [1.82, 2.24) is 0 Å². The third kappa shape index (κ3) is 6.73. The second kappa shape index (κ2) is 6.45. The first-order chi connectivity index (χ1) is 7.61. The van der Waals surface area contributed by atoms with Gasteiger partial charge in [0.25, 0.3) is 5.95 Å². The summed E-state index contributed by atoms with van der Waals surface area (Å²) in [4.78, 5) is 0. The normalized spacial score (nSPS) is 14.8. The number of rotatable bonds is 6. The molecule has 0 saturated carbocycles. The van der Waals surface area contributed by atoms with E-state index in [9.17, 15) is 0 Å². The Labute approximate surface area is 109 Å². The van der Waals surface area contributed by atoms with Gasteiger partial charge in [-0.1, -0.05) is 31.8 Å². The van der Waals surface area contributed by atoms with Gasteiger partial charge in [0, 0.05) is 5.20 Å². The molecule has 0 rings (SSSR count). The number of allylic oxidation sites excluding steroid dienone is 3. The summed E-state index contributed by atoms with van der Waals surface area (Å²) in [6.07, 6.45) is 4.22. The molecule has 0 unspecified atom stereocenters. The van der Waals surface area contributed by atoms with Gasteiger partial charge in [-0.3, -0.25) is 0 Å². The van der Waals surface area contributed by atoms with Crippen molar-refractivity contribution >= 4 is 16.4 Å². The third-order valence-electron chi connectivity index (χ3n) is 2.04. The molecule has 0 aliphatic rings. The Hall–Kier alpha value is -0.486. The smallest absolute Gasteiger partial charge is 0.264 e. The molecule has 0 amide bonds. The molecule has 0 heterocycles. The molecular weight excluding hydrogens is 244 g/mol. The third-order valence-corrected chi connectivity index (χ3v) is 4.82. The Morgan fingerprint density at radius 1 is 1.06 bits per heavy atom. The molecule has 0 spiro atoms. The van der Waals surface area contributed by atoms with Crippen molar-refractivity contribution in [3.8, 4) is 0 Å². The monoisotopic (exact) mass is 272 g/mol. The molecule has 0 saturated heterocycles. The van der Waals surface area contributed by atoms with Gasteiger partial charge in [0.1, 0.15) is 0 Å². The highest BCUT2D eigenvalue weighted by atomic mass is 28.4. The van der Waals surface area contributed by atoms with Crippen LogP contribution in [0.2, 0.25) is 39.3 Å². The van der Waals surface area contributed by atoms with Crippen molar-refractivity contribution in [2.75, 3.05) is 6.61 Å². The fourth-order valence-electron chi connectivity index (χ4n) is 1.36. The second-order valence-electron chi connectivity index (χ2n) is 6.10. The molecule has 0 aliphatic carbocycles. The van der Waals surface area contributed by atoms with E-state index in [0.717, 1.165) is 5.95 Å². The lowest BCUT2D eigenvalue weighted by molar-refractivity contribution is 0.111. The molecule has 0 aromatic rings. The summed E-state index contributed by atoms with van der Waals surface area (Å²) in [5.74, 6) is 0.768. The van der Waals surface area contributed by atoms with Crippen LogP contribution in [0.5, 0.6) is 0 Å². The summed E-state index contributed by atoms with van der Waals surface area (Å²) in [5.41, 5.74) is 0. The Bertz CT molecular complexity index is 294. The highest BCUT2D eigenvalue weighted by Crippen LogP contribution is 2.24. The van der Waals surface area contributed by atoms with Crippen molar-refractivity contribution in [2.45, 2.75) is 53.1 Å². The molecule has 0 fully saturated rings. The zero-order valence-corrected chi connectivity index (χ0v) is 14.7. The Morgan fingerprint density at radius 3 is 1.88 bits per heavy atom. The minimum absolute atomic E-state index is 0.658. The van der Waals surface area contributed by atoms with Crippen molar-refractivity contribution in [2.24, 2.45) is 0 Å². The summed E-state index contributed by atoms with van der Waals surface area (Å²) in [5, 5.41) is 1.27. The molecule has 0 aliphatic heterocycles. The van der Waals surface area contributed by atoms with Crippen LogP contribution < -0.4 is 0 Å². The van der Waals surface area contributed by atoms with Gasteiger partial charge in [-0.15, -0.1) is 0 Å². The fourth-order valence-corrected chi connectivity index (χ4v) is 3.59. The van der Waals surface area contributed by atoms with E-state index in [0.29, 0.717) is 6.61 Å². The van der Waals surface area contributed by atoms with Gasteiger partial charge in [-0.2, -0.15) is 0 Å². The number of hydrogen-bond acceptors (Lipinski definition) is 2. The molecule has 0 N–H and O–H groups in total. The molecule has 100 valence electrons. The largest absolute Gasteiger partial charge is 0.520 e. The van der Waals surface area contributed by atoms with Gasteiger partial charge in [-0.05, 0) is 33.5 Å². The molecule has 4 heteroatoms. The summed E-state index contributed by atoms with van der Waals surface area (Å²) in [6, 6.07) is 0. The van der Waals surface area contributed by atoms with Crippen molar-refractivity contribution < 1.29 is 9.16 Å². The van der Waals surface area contributed by atoms with Crippen LogP contribution in [0.3, 0.4) is 0 Å². The SMILES string of the molecule is C/C=C/C(=C(/OCC)O[Si](C)(C)C)[Si](C)(C)C. The standard InChI is InChI=1S/C13H28O2Si2/c1-9-11-12(16(3,4)5)13(14-10-2)15-17(6,7)8/h9,11H,10H2,1-8H3/b11-9+,13-12+. The first-order valence-electron chi connectivity index (χ1n) is 6.31. The second-order valence-corrected chi connectivity index (χ2v) is 15.6. The van der Waals surface area contributed by atoms with Gasteiger partial charge in [0.2, 0.25) is 8.32 Å². The molecule has 0 atom stereocenters. The Kier molecular flexibility index (Phi) is 6.26. The predicted octanol–water partition coefficient (Wildman–Crippen LogP) is 4.54. The van der Waals surface area contributed by atoms with Crippen LogP contribution in [-0.4, -0.2) is 23.0 Å². The van der Waals surface area contributed by atoms with Gasteiger partial charge < -0.3 is 9.16 Å². The van der Waals surface area contributed by atoms with Crippen LogP contribution in [0.15, 0.2) is 23.3 Å². The van der Waals surface area contributed by atoms with Crippen LogP contribution in [0.25, 0.3) is 0 Å². The van der Waals surface area contributed by atoms with Gasteiger partial charge in [-0.25, -0.2) is 0 Å². The van der Waals surface area contributed by atoms with E-state index < -0.39 is 16.4 Å². The first kappa shape index (κ1) is 16.5. The maximum Gasteiger partial charge on any atom is 0.264 e. The van der Waals surface area contributed by atoms with Crippen molar-refractivity contribution in [1.29, 1.82) is 0 Å². The average molecular weight is 273 g/mol. The first-order valence-corrected chi connectivity index (χ1v) is 13.2. The average Bonchev–Trinajstić information content (AvgIpc) is 2.09. The van der Waals surface area contributed by atoms with Crippen LogP contribution in [-0.2, 0) is 9.16 Å². The van der Waals surface area contributed by atoms with E-state index in [4.69, 9.17) is 9.16 Å². The van der Waals surface area contributed by atoms with Crippen LogP contribution in [0, 0.1) is 0 Å². The van der Waals surface area contributed by atoms with Crippen LogP contribution >= 0.6 is 0 Å². The summed E-state index contributed by atoms with van der Waals surface area (Å²) >= 11 is 0. The Morgan fingerprint density at radius 2 is 1.59 bits per heavy atom. The number of hydrogen-bond donors (Lipinski definition) is 0. The number of ether oxygens (including phenoxy) is 1. The van der Waals surface area contributed by atoms with E-state index in [2.05, 4.69) is 51.4 Å². The predicted molar refractivity (Wildman–Crippen MR) is 81.2 cm³/mol. The molecule has 0 aromatic heterocycles. The fraction of sp³-hybridized carbons (Fsp3) is 0.692. The van der Waals surface area contributed by atoms with E-state index in [1.807, 2.05) is 13.8 Å². The quantitative estimate of drug-likeness (QED) is 0.401. The lowest BCUT2D eigenvalue weighted by Gasteiger charge is -2.27. The highest BCUT2D eigenvalue weighted by Gasteiger charge is 2.27. The molecule has 0 radical (unpaired) electrons. The summed E-state index contributed by atoms with van der Waals surface area (Å²) in [6.45, 7) is 18.2. The molecule has 0 aromatic carbocycles. The lowest BCUT2D eigenvalue weighted by atomic mass is 10.5. The maximum atomic E-state index is 6.10. The minimum atomic E-state index is -1.62. The van der Waals surface area contributed by atoms with Gasteiger partial charge in [0.05, 0.1) is 14.7 Å². The topological polar surface area (TPSA) is 18.5 Å². The van der Waals surface area contributed by atoms with E-state index in [-0.39, 0.29) is 0 Å². The highest BCUT2D eigenvalue weighted by molar-refractivity contribution is 6.83. The van der Waals surface area contributed by atoms with E-state index >= 15 is 0 Å². The molecular formula is C13H28O2Si2. The minimum Gasteiger partial charge on any atom is -0.520 e. The molecule has 0 bridgehead atoms. The summed E-state index contributed by atoms with van der Waals surface area (Å²) in [7, 11) is -3.07.